The van der Waals surface area contributed by atoms with E-state index in [0.717, 1.165) is 11.1 Å². The van der Waals surface area contributed by atoms with Crippen molar-refractivity contribution in [2.75, 3.05) is 24.9 Å². The summed E-state index contributed by atoms with van der Waals surface area (Å²) in [5.74, 6) is -3.36. The summed E-state index contributed by atoms with van der Waals surface area (Å²) in [6.07, 6.45) is 0.518. The fourth-order valence-electron chi connectivity index (χ4n) is 6.38. The lowest BCUT2D eigenvalue weighted by Crippen LogP contribution is -2.43. The lowest BCUT2D eigenvalue weighted by Gasteiger charge is -2.18. The van der Waals surface area contributed by atoms with Crippen molar-refractivity contribution in [3.63, 3.8) is 0 Å². The van der Waals surface area contributed by atoms with Crippen molar-refractivity contribution in [1.82, 2.24) is 5.32 Å². The second-order valence-electron chi connectivity index (χ2n) is 14.8. The van der Waals surface area contributed by atoms with Crippen LogP contribution in [0.4, 0.5) is 11.4 Å². The van der Waals surface area contributed by atoms with Crippen LogP contribution in [-0.2, 0) is 31.9 Å². The Kier molecular flexibility index (Phi) is 23.5. The lowest BCUT2D eigenvalue weighted by atomic mass is 10.0. The standard InChI is InChI=1S/C25H21Cl3N2O4.C17H16Cl2N2O3.C8H7ClO2.ClH/c1-14-5-3-6-17(26)21(14)23(31)30-20(25(33)34-2)13-15-9-11-16(12-10-15)29-24(32)22-18(27)7-4-8-19(22)28;1-24-17(23)14(20)9-10-5-7-11(8-6-10)21-16(22)15-12(18)3-2-4-13(15)19;1-5-3-2-4-6(9)7(5)8(10)11;/h3-12,20H,13H2,1-2H3,(H,29,32)(H,30,31);2-8,14H,9,20H2,1H3,(H,21,22);2-4H,1H3,(H,10,11);1H. The minimum Gasteiger partial charge on any atom is -0.478 e. The van der Waals surface area contributed by atoms with E-state index < -0.39 is 47.7 Å². The highest BCUT2D eigenvalue weighted by molar-refractivity contribution is 6.41. The fourth-order valence-corrected chi connectivity index (χ4v) is 8.13. The second kappa shape index (κ2) is 28.1. The van der Waals surface area contributed by atoms with Gasteiger partial charge in [-0.15, -0.1) is 12.4 Å². The first-order valence-electron chi connectivity index (χ1n) is 20.4. The number of hydrogen-bond donors (Lipinski definition) is 5. The number of ether oxygens (including phenoxy) is 2. The quantitative estimate of drug-likeness (QED) is 0.0693. The zero-order chi connectivity index (χ0) is 50.9. The van der Waals surface area contributed by atoms with E-state index in [2.05, 4.69) is 20.7 Å². The molecule has 70 heavy (non-hydrogen) atoms. The van der Waals surface area contributed by atoms with Crippen molar-refractivity contribution >= 4 is 129 Å². The average molecular weight is 1090 g/mol. The molecule has 6 rings (SSSR count). The fraction of sp³-hybridized carbons (Fsp3) is 0.160. The summed E-state index contributed by atoms with van der Waals surface area (Å²) < 4.78 is 9.45. The molecule has 2 unspecified atom stereocenters. The highest BCUT2D eigenvalue weighted by Gasteiger charge is 2.25. The molecule has 0 saturated heterocycles. The van der Waals surface area contributed by atoms with E-state index in [0.29, 0.717) is 39.5 Å². The van der Waals surface area contributed by atoms with Gasteiger partial charge in [0.05, 0.1) is 66.6 Å². The molecule has 0 aliphatic carbocycles. The molecule has 0 fully saturated rings. The number of aryl methyl sites for hydroxylation is 2. The van der Waals surface area contributed by atoms with Crippen LogP contribution in [0.15, 0.2) is 121 Å². The number of carboxylic acids is 1. The summed E-state index contributed by atoms with van der Waals surface area (Å²) in [6.45, 7) is 3.48. The molecule has 6 aromatic carbocycles. The van der Waals surface area contributed by atoms with Crippen molar-refractivity contribution in [2.45, 2.75) is 38.8 Å². The Balaban J connectivity index is 0.000000311. The van der Waals surface area contributed by atoms with Crippen LogP contribution < -0.4 is 21.7 Å². The first kappa shape index (κ1) is 58.4. The number of nitrogens with two attached hydrogens (primary N) is 1. The van der Waals surface area contributed by atoms with Crippen LogP contribution in [0.3, 0.4) is 0 Å². The van der Waals surface area contributed by atoms with Crippen molar-refractivity contribution in [3.05, 3.63) is 196 Å². The molecule has 0 saturated carbocycles. The van der Waals surface area contributed by atoms with Gasteiger partial charge in [0.25, 0.3) is 17.7 Å². The van der Waals surface area contributed by atoms with Gasteiger partial charge < -0.3 is 36.3 Å². The number of benzene rings is 6. The van der Waals surface area contributed by atoms with E-state index in [9.17, 15) is 28.8 Å². The van der Waals surface area contributed by atoms with Crippen LogP contribution in [0, 0.1) is 13.8 Å². The van der Waals surface area contributed by atoms with Crippen molar-refractivity contribution in [3.8, 4) is 0 Å². The maximum absolute atomic E-state index is 12.8. The number of hydrogen-bond acceptors (Lipinski definition) is 9. The lowest BCUT2D eigenvalue weighted by molar-refractivity contribution is -0.143. The zero-order valence-electron chi connectivity index (χ0n) is 37.6. The normalized spacial score (nSPS) is 11.1. The Labute approximate surface area is 440 Å². The minimum absolute atomic E-state index is 0. The summed E-state index contributed by atoms with van der Waals surface area (Å²) in [5.41, 5.74) is 10.6. The first-order chi connectivity index (χ1) is 32.7. The molecule has 6 aromatic rings. The predicted molar refractivity (Wildman–Crippen MR) is 279 cm³/mol. The average Bonchev–Trinajstić information content (AvgIpc) is 3.29. The Hall–Kier alpha value is -5.87. The number of aromatic carboxylic acids is 1. The number of anilines is 2. The van der Waals surface area contributed by atoms with Crippen LogP contribution in [0.1, 0.15) is 63.7 Å². The maximum Gasteiger partial charge on any atom is 0.337 e. The summed E-state index contributed by atoms with van der Waals surface area (Å²) in [4.78, 5) is 71.9. The van der Waals surface area contributed by atoms with Crippen molar-refractivity contribution < 1.29 is 43.3 Å². The Morgan fingerprint density at radius 3 is 1.19 bits per heavy atom. The predicted octanol–water partition coefficient (Wildman–Crippen LogP) is 11.8. The summed E-state index contributed by atoms with van der Waals surface area (Å²) in [7, 11) is 2.54. The monoisotopic (exact) mass is 1090 g/mol. The third-order valence-electron chi connectivity index (χ3n) is 9.88. The third-order valence-corrected chi connectivity index (χ3v) is 11.8. The summed E-state index contributed by atoms with van der Waals surface area (Å²) in [5, 5.41) is 18.4. The van der Waals surface area contributed by atoms with E-state index in [1.807, 2.05) is 0 Å². The highest BCUT2D eigenvalue weighted by atomic mass is 35.5. The smallest absolute Gasteiger partial charge is 0.337 e. The van der Waals surface area contributed by atoms with E-state index >= 15 is 0 Å². The Bertz CT molecular complexity index is 2750. The van der Waals surface area contributed by atoms with Gasteiger partial charge in [-0.3, -0.25) is 19.2 Å². The van der Waals surface area contributed by atoms with Gasteiger partial charge in [0.2, 0.25) is 0 Å². The van der Waals surface area contributed by atoms with Crippen LogP contribution in [0.2, 0.25) is 30.1 Å². The van der Waals surface area contributed by atoms with Crippen molar-refractivity contribution in [1.29, 1.82) is 0 Å². The second-order valence-corrected chi connectivity index (χ2v) is 17.2. The zero-order valence-corrected chi connectivity index (χ0v) is 42.9. The molecule has 0 radical (unpaired) electrons. The first-order valence-corrected chi connectivity index (χ1v) is 22.7. The van der Waals surface area contributed by atoms with Crippen LogP contribution in [0.5, 0.6) is 0 Å². The van der Waals surface area contributed by atoms with Crippen molar-refractivity contribution in [2.24, 2.45) is 5.73 Å². The number of esters is 2. The molecule has 20 heteroatoms. The van der Waals surface area contributed by atoms with Crippen LogP contribution >= 0.6 is 82.0 Å². The number of amides is 3. The molecule has 0 spiro atoms. The molecule has 0 aromatic heterocycles. The number of carbonyl (C=O) groups excluding carboxylic acids is 5. The molecular formula is C50H45Cl7N4O9. The van der Waals surface area contributed by atoms with E-state index in [1.54, 1.807) is 135 Å². The van der Waals surface area contributed by atoms with Gasteiger partial charge in [-0.05, 0) is 103 Å². The van der Waals surface area contributed by atoms with Gasteiger partial charge >= 0.3 is 17.9 Å². The van der Waals surface area contributed by atoms with Gasteiger partial charge in [-0.25, -0.2) is 9.59 Å². The number of rotatable bonds is 13. The van der Waals surface area contributed by atoms with Gasteiger partial charge in [0.15, 0.2) is 0 Å². The SMILES string of the molecule is COC(=O)C(Cc1ccc(NC(=O)c2c(Cl)cccc2Cl)cc1)NC(=O)c1c(C)cccc1Cl.COC(=O)C(N)Cc1ccc(NC(=O)c2c(Cl)cccc2Cl)cc1.Cc1cccc(Cl)c1C(=O)O.Cl. The Morgan fingerprint density at radius 1 is 0.500 bits per heavy atom. The largest absolute Gasteiger partial charge is 0.478 e. The summed E-state index contributed by atoms with van der Waals surface area (Å²) >= 11 is 36.0. The minimum atomic E-state index is -0.979. The van der Waals surface area contributed by atoms with Gasteiger partial charge in [0.1, 0.15) is 12.1 Å². The number of nitrogens with one attached hydrogen (secondary N) is 3. The number of carbonyl (C=O) groups is 6. The molecule has 6 N–H and O–H groups in total. The molecule has 3 amide bonds. The van der Waals surface area contributed by atoms with E-state index in [4.69, 9.17) is 85.2 Å². The molecule has 2 atom stereocenters. The molecule has 0 heterocycles. The number of carboxylic acid groups (broad SMARTS) is 1. The molecule has 0 bridgehead atoms. The maximum atomic E-state index is 12.8. The summed E-state index contributed by atoms with van der Waals surface area (Å²) in [6, 6.07) is 31.9. The van der Waals surface area contributed by atoms with Gasteiger partial charge in [0, 0.05) is 17.8 Å². The van der Waals surface area contributed by atoms with Gasteiger partial charge in [-0.2, -0.15) is 0 Å². The van der Waals surface area contributed by atoms with Gasteiger partial charge in [-0.1, -0.05) is 130 Å². The van der Waals surface area contributed by atoms with Crippen LogP contribution in [-0.4, -0.2) is 67.0 Å². The molecule has 0 aliphatic heterocycles. The third kappa shape index (κ3) is 16.6. The molecule has 368 valence electrons. The highest BCUT2D eigenvalue weighted by Crippen LogP contribution is 2.27. The topological polar surface area (TPSA) is 203 Å². The number of halogens is 7. The number of methoxy groups -OCH3 is 2. The molecular weight excluding hydrogens is 1050 g/mol. The van der Waals surface area contributed by atoms with Crippen LogP contribution in [0.25, 0.3) is 0 Å². The molecule has 0 aliphatic rings. The van der Waals surface area contributed by atoms with E-state index in [-0.39, 0.29) is 60.6 Å². The molecule has 13 nitrogen and oxygen atoms in total. The Morgan fingerprint density at radius 2 is 0.843 bits per heavy atom. The van der Waals surface area contributed by atoms with E-state index in [1.165, 1.54) is 14.2 Å².